The molecule has 15 heteroatoms. The number of aliphatic hydroxyl groups excluding tert-OH is 1. The van der Waals surface area contributed by atoms with Crippen LogP contribution in [0.1, 0.15) is 47.7 Å². The van der Waals surface area contributed by atoms with E-state index in [4.69, 9.17) is 31.3 Å². The molecule has 46 heavy (non-hydrogen) atoms. The Morgan fingerprint density at radius 3 is 2.43 bits per heavy atom. The molecule has 1 saturated heterocycles. The van der Waals surface area contributed by atoms with Gasteiger partial charge < -0.3 is 20.3 Å². The third-order valence-corrected chi connectivity index (χ3v) is 8.27. The summed E-state index contributed by atoms with van der Waals surface area (Å²) < 4.78 is 76.2. The topological polar surface area (TPSA) is 152 Å². The van der Waals surface area contributed by atoms with Crippen LogP contribution in [0.2, 0.25) is 0 Å². The van der Waals surface area contributed by atoms with Crippen molar-refractivity contribution < 1.29 is 41.0 Å². The lowest BCUT2D eigenvalue weighted by molar-refractivity contribution is -0.171. The summed E-state index contributed by atoms with van der Waals surface area (Å²) in [4.78, 5) is 16.7. The number of aliphatic hydroxyl groups is 1. The SMILES string of the molecule is C[C@@H](OC1CCCCO1)C(=N)N.Cl.O=C(C(C1=Nc2ccccc2C1)=C(O)c1ccc(F)c(S(=O)(=O)Cl)c1)c1cc(F)ccc1F. The first-order valence-electron chi connectivity index (χ1n) is 13.7. The van der Waals surface area contributed by atoms with E-state index in [-0.39, 0.29) is 48.3 Å². The summed E-state index contributed by atoms with van der Waals surface area (Å²) in [5, 5.41) is 18.1. The summed E-state index contributed by atoms with van der Waals surface area (Å²) in [5.41, 5.74) is 5.09. The molecule has 1 unspecified atom stereocenters. The van der Waals surface area contributed by atoms with Gasteiger partial charge >= 0.3 is 0 Å². The molecule has 0 aliphatic carbocycles. The molecule has 0 amide bonds. The second-order valence-electron chi connectivity index (χ2n) is 10.2. The van der Waals surface area contributed by atoms with Gasteiger partial charge in [0.25, 0.3) is 9.05 Å². The van der Waals surface area contributed by atoms with Crippen molar-refractivity contribution in [2.45, 2.75) is 49.9 Å². The van der Waals surface area contributed by atoms with E-state index >= 15 is 0 Å². The molecule has 3 aromatic rings. The van der Waals surface area contributed by atoms with E-state index in [1.807, 2.05) is 0 Å². The number of fused-ring (bicyclic) bond motifs is 1. The molecule has 2 aliphatic rings. The summed E-state index contributed by atoms with van der Waals surface area (Å²) in [6.45, 7) is 2.52. The van der Waals surface area contributed by atoms with Gasteiger partial charge in [-0.1, -0.05) is 18.2 Å². The summed E-state index contributed by atoms with van der Waals surface area (Å²) in [5.74, 6) is -4.91. The van der Waals surface area contributed by atoms with Crippen molar-refractivity contribution in [2.75, 3.05) is 6.61 Å². The minimum Gasteiger partial charge on any atom is -0.506 e. The van der Waals surface area contributed by atoms with Crippen LogP contribution in [0.3, 0.4) is 0 Å². The minimum absolute atomic E-state index is 0. The summed E-state index contributed by atoms with van der Waals surface area (Å²) in [6, 6.07) is 11.6. The van der Waals surface area contributed by atoms with Gasteiger partial charge in [-0.3, -0.25) is 15.2 Å². The van der Waals surface area contributed by atoms with E-state index in [1.165, 1.54) is 0 Å². The smallest absolute Gasteiger partial charge is 0.264 e. The molecule has 3 aromatic carbocycles. The van der Waals surface area contributed by atoms with E-state index in [0.717, 1.165) is 56.2 Å². The number of hydrogen-bond acceptors (Lipinski definition) is 8. The standard InChI is InChI=1S/C23H13ClF3NO4S.C8H16N2O2.ClH/c24-33(31,32)20-10-13(5-7-17(20)27)22(29)21(19-9-12-3-1-2-4-18(12)28-19)23(30)15-11-14(25)6-8-16(15)26;1-6(8(9)10)12-7-4-2-3-5-11-7;/h1-8,10-11,29H,9H2;6-7H,2-5H2,1H3,(H3,9,10);1H/t;6-,7?;/m.1./s1. The molecule has 246 valence electrons. The lowest BCUT2D eigenvalue weighted by Gasteiger charge is -2.25. The Morgan fingerprint density at radius 2 is 1.80 bits per heavy atom. The number of carbonyl (C=O) groups is 1. The van der Waals surface area contributed by atoms with Gasteiger partial charge in [-0.15, -0.1) is 12.4 Å². The van der Waals surface area contributed by atoms with Crippen LogP contribution < -0.4 is 5.73 Å². The molecule has 0 bridgehead atoms. The van der Waals surface area contributed by atoms with Crippen LogP contribution in [0.15, 0.2) is 76.1 Å². The zero-order chi connectivity index (χ0) is 32.9. The Balaban J connectivity index is 0.000000375. The van der Waals surface area contributed by atoms with Gasteiger partial charge in [0, 0.05) is 29.3 Å². The van der Waals surface area contributed by atoms with Crippen molar-refractivity contribution in [3.05, 3.63) is 100 Å². The number of aliphatic imine (C=N–C) groups is 1. The maximum atomic E-state index is 14.4. The highest BCUT2D eigenvalue weighted by Crippen LogP contribution is 2.33. The van der Waals surface area contributed by atoms with E-state index in [0.29, 0.717) is 17.3 Å². The van der Waals surface area contributed by atoms with Crippen molar-refractivity contribution in [1.82, 2.24) is 0 Å². The van der Waals surface area contributed by atoms with Gasteiger partial charge in [-0.2, -0.15) is 0 Å². The van der Waals surface area contributed by atoms with Gasteiger partial charge in [-0.05, 0) is 74.2 Å². The highest BCUT2D eigenvalue weighted by molar-refractivity contribution is 8.13. The second-order valence-corrected chi connectivity index (χ2v) is 12.7. The first kappa shape index (κ1) is 36.7. The fourth-order valence-corrected chi connectivity index (χ4v) is 5.49. The minimum atomic E-state index is -4.52. The second kappa shape index (κ2) is 15.7. The van der Waals surface area contributed by atoms with Crippen LogP contribution in [0.5, 0.6) is 0 Å². The number of ketones is 1. The van der Waals surface area contributed by atoms with Crippen molar-refractivity contribution in [2.24, 2.45) is 10.7 Å². The Labute approximate surface area is 274 Å². The first-order valence-corrected chi connectivity index (χ1v) is 16.0. The number of benzene rings is 3. The van der Waals surface area contributed by atoms with Gasteiger partial charge in [-0.25, -0.2) is 21.6 Å². The summed E-state index contributed by atoms with van der Waals surface area (Å²) in [6.07, 6.45) is 2.76. The van der Waals surface area contributed by atoms with Crippen molar-refractivity contribution in [3.8, 4) is 0 Å². The molecular weight excluding hydrogens is 670 g/mol. The molecule has 2 aliphatic heterocycles. The summed E-state index contributed by atoms with van der Waals surface area (Å²) >= 11 is 0. The molecule has 2 heterocycles. The van der Waals surface area contributed by atoms with Crippen molar-refractivity contribution in [1.29, 1.82) is 5.41 Å². The van der Waals surface area contributed by atoms with Gasteiger partial charge in [0.15, 0.2) is 6.29 Å². The first-order chi connectivity index (χ1) is 21.3. The number of Topliss-reactive ketones (excluding diaryl/α,β-unsaturated/α-hetero) is 1. The number of carbonyl (C=O) groups excluding carboxylic acids is 1. The average Bonchev–Trinajstić information content (AvgIpc) is 3.42. The molecule has 0 spiro atoms. The Bertz CT molecular complexity index is 1800. The number of para-hydroxylation sites is 1. The molecule has 0 radical (unpaired) electrons. The predicted octanol–water partition coefficient (Wildman–Crippen LogP) is 6.79. The fraction of sp³-hybridized carbons (Fsp3) is 0.258. The highest BCUT2D eigenvalue weighted by atomic mass is 35.7. The van der Waals surface area contributed by atoms with Crippen LogP contribution in [-0.2, 0) is 24.9 Å². The Hall–Kier alpha value is -3.75. The number of rotatable bonds is 8. The third kappa shape index (κ3) is 8.95. The van der Waals surface area contributed by atoms with E-state index in [9.17, 15) is 31.5 Å². The van der Waals surface area contributed by atoms with Crippen LogP contribution in [0, 0.1) is 22.9 Å². The maximum absolute atomic E-state index is 14.4. The quantitative estimate of drug-likeness (QED) is 0.0585. The highest BCUT2D eigenvalue weighted by Gasteiger charge is 2.30. The lowest BCUT2D eigenvalue weighted by atomic mass is 9.93. The lowest BCUT2D eigenvalue weighted by Crippen LogP contribution is -2.34. The van der Waals surface area contributed by atoms with Crippen molar-refractivity contribution >= 4 is 60.9 Å². The number of nitrogens with two attached hydrogens (primary N) is 1. The van der Waals surface area contributed by atoms with Crippen molar-refractivity contribution in [3.63, 3.8) is 0 Å². The largest absolute Gasteiger partial charge is 0.506 e. The van der Waals surface area contributed by atoms with Gasteiger partial charge in [0.2, 0.25) is 5.78 Å². The molecule has 0 saturated carbocycles. The van der Waals surface area contributed by atoms with Crippen LogP contribution in [0.4, 0.5) is 18.9 Å². The van der Waals surface area contributed by atoms with E-state index in [2.05, 4.69) is 4.99 Å². The monoisotopic (exact) mass is 699 g/mol. The van der Waals surface area contributed by atoms with Gasteiger partial charge in [0.1, 0.15) is 40.0 Å². The third-order valence-electron chi connectivity index (χ3n) is 6.93. The predicted molar refractivity (Wildman–Crippen MR) is 170 cm³/mol. The zero-order valence-electron chi connectivity index (χ0n) is 24.3. The molecule has 4 N–H and O–H groups in total. The number of halogens is 5. The fourth-order valence-electron chi connectivity index (χ4n) is 4.56. The van der Waals surface area contributed by atoms with E-state index in [1.54, 1.807) is 31.2 Å². The van der Waals surface area contributed by atoms with E-state index < -0.39 is 54.1 Å². The number of ether oxygens (including phenoxy) is 2. The molecule has 0 aromatic heterocycles. The number of nitrogens with zero attached hydrogens (tertiary/aromatic N) is 1. The van der Waals surface area contributed by atoms with Gasteiger partial charge in [0.05, 0.1) is 22.5 Å². The number of amidine groups is 1. The number of hydrogen-bond donors (Lipinski definition) is 3. The Kier molecular flexibility index (Phi) is 12.5. The number of nitrogens with one attached hydrogen (secondary N) is 1. The normalized spacial score (nSPS) is 16.9. The zero-order valence-corrected chi connectivity index (χ0v) is 26.7. The molecule has 5 rings (SSSR count). The van der Waals surface area contributed by atoms with Crippen LogP contribution in [-0.4, -0.2) is 49.9 Å². The molecule has 2 atom stereocenters. The van der Waals surface area contributed by atoms with Crippen LogP contribution >= 0.6 is 23.1 Å². The molecule has 1 fully saturated rings. The van der Waals surface area contributed by atoms with Crippen LogP contribution in [0.25, 0.3) is 5.76 Å². The maximum Gasteiger partial charge on any atom is 0.264 e. The molecular formula is C31H30Cl2F3N3O6S. The summed E-state index contributed by atoms with van der Waals surface area (Å²) in [7, 11) is 0.733. The molecule has 9 nitrogen and oxygen atoms in total. The average molecular weight is 701 g/mol. The Morgan fingerprint density at radius 1 is 1.11 bits per heavy atom. The number of allylic oxidation sites excluding steroid dienone is 1.